The fourth-order valence-electron chi connectivity index (χ4n) is 1.77. The van der Waals surface area contributed by atoms with Gasteiger partial charge in [-0.25, -0.2) is 0 Å². The molecule has 21 heavy (non-hydrogen) atoms. The summed E-state index contributed by atoms with van der Waals surface area (Å²) in [6.45, 7) is 1.06. The number of carbonyl (C=O) groups excluding carboxylic acids is 1. The van der Waals surface area contributed by atoms with Crippen LogP contribution in [0.25, 0.3) is 0 Å². The second-order valence-corrected chi connectivity index (χ2v) is 4.50. The summed E-state index contributed by atoms with van der Waals surface area (Å²) >= 11 is 5.67. The van der Waals surface area contributed by atoms with Crippen molar-refractivity contribution < 1.29 is 19.2 Å². The Kier molecular flexibility index (Phi) is 6.90. The van der Waals surface area contributed by atoms with Crippen LogP contribution in [0.1, 0.15) is 10.4 Å². The predicted molar refractivity (Wildman–Crippen MR) is 78.1 cm³/mol. The standard InChI is InChI=1S/C13H17ClN2O5/c1-20-8-7-15(6-5-14)13(17)10-3-4-12(21-2)11(9-10)16(18)19/h3-4,9H,5-8H2,1-2H3. The molecule has 1 amide bonds. The van der Waals surface area contributed by atoms with Crippen molar-refractivity contribution in [3.8, 4) is 5.75 Å². The van der Waals surface area contributed by atoms with Crippen LogP contribution in [0.15, 0.2) is 18.2 Å². The van der Waals surface area contributed by atoms with Crippen molar-refractivity contribution in [1.29, 1.82) is 0 Å². The maximum atomic E-state index is 12.4. The summed E-state index contributed by atoms with van der Waals surface area (Å²) < 4.78 is 9.84. The zero-order valence-corrected chi connectivity index (χ0v) is 12.6. The lowest BCUT2D eigenvalue weighted by molar-refractivity contribution is -0.385. The van der Waals surface area contributed by atoms with E-state index in [2.05, 4.69) is 0 Å². The maximum Gasteiger partial charge on any atom is 0.311 e. The molecule has 0 bridgehead atoms. The van der Waals surface area contributed by atoms with Crippen molar-refractivity contribution in [2.24, 2.45) is 0 Å². The van der Waals surface area contributed by atoms with E-state index in [4.69, 9.17) is 21.1 Å². The van der Waals surface area contributed by atoms with Crippen LogP contribution in [0.3, 0.4) is 0 Å². The van der Waals surface area contributed by atoms with Crippen molar-refractivity contribution in [3.63, 3.8) is 0 Å². The number of benzene rings is 1. The molecule has 1 aromatic carbocycles. The summed E-state index contributed by atoms with van der Waals surface area (Å²) in [6, 6.07) is 4.10. The highest BCUT2D eigenvalue weighted by Crippen LogP contribution is 2.28. The minimum atomic E-state index is -0.587. The zero-order valence-electron chi connectivity index (χ0n) is 11.9. The lowest BCUT2D eigenvalue weighted by Gasteiger charge is -2.21. The van der Waals surface area contributed by atoms with E-state index in [9.17, 15) is 14.9 Å². The number of halogens is 1. The fraction of sp³-hybridized carbons (Fsp3) is 0.462. The van der Waals surface area contributed by atoms with Gasteiger partial charge in [0.2, 0.25) is 0 Å². The van der Waals surface area contributed by atoms with Crippen LogP contribution < -0.4 is 4.74 Å². The van der Waals surface area contributed by atoms with Crippen molar-refractivity contribution in [3.05, 3.63) is 33.9 Å². The molecule has 1 rings (SSSR count). The summed E-state index contributed by atoms with van der Waals surface area (Å²) in [7, 11) is 2.86. The Hall–Kier alpha value is -1.86. The third kappa shape index (κ3) is 4.57. The van der Waals surface area contributed by atoms with E-state index < -0.39 is 4.92 Å². The number of nitrogens with zero attached hydrogens (tertiary/aromatic N) is 2. The second-order valence-electron chi connectivity index (χ2n) is 4.12. The van der Waals surface area contributed by atoms with E-state index in [1.807, 2.05) is 0 Å². The topological polar surface area (TPSA) is 81.9 Å². The molecule has 0 aliphatic rings. The van der Waals surface area contributed by atoms with Gasteiger partial charge < -0.3 is 14.4 Å². The molecule has 0 aliphatic carbocycles. The highest BCUT2D eigenvalue weighted by atomic mass is 35.5. The number of rotatable bonds is 8. The molecule has 0 radical (unpaired) electrons. The molecular weight excluding hydrogens is 300 g/mol. The van der Waals surface area contributed by atoms with Crippen molar-refractivity contribution in [2.75, 3.05) is 39.8 Å². The van der Waals surface area contributed by atoms with E-state index in [1.54, 1.807) is 0 Å². The summed E-state index contributed by atoms with van der Waals surface area (Å²) in [5, 5.41) is 11.0. The number of ether oxygens (including phenoxy) is 2. The molecule has 8 heteroatoms. The highest BCUT2D eigenvalue weighted by Gasteiger charge is 2.21. The van der Waals surface area contributed by atoms with Gasteiger partial charge >= 0.3 is 5.69 Å². The molecule has 0 unspecified atom stereocenters. The quantitative estimate of drug-likeness (QED) is 0.416. The molecule has 0 N–H and O–H groups in total. The number of hydrogen-bond donors (Lipinski definition) is 0. The SMILES string of the molecule is COCCN(CCCl)C(=O)c1ccc(OC)c([N+](=O)[O-])c1. The smallest absolute Gasteiger partial charge is 0.311 e. The molecular formula is C13H17ClN2O5. The summed E-state index contributed by atoms with van der Waals surface area (Å²) in [4.78, 5) is 24.2. The third-order valence-electron chi connectivity index (χ3n) is 2.83. The molecule has 7 nitrogen and oxygen atoms in total. The minimum Gasteiger partial charge on any atom is -0.490 e. The van der Waals surface area contributed by atoms with Gasteiger partial charge in [-0.3, -0.25) is 14.9 Å². The lowest BCUT2D eigenvalue weighted by atomic mass is 10.1. The molecule has 1 aromatic rings. The number of nitro groups is 1. The van der Waals surface area contributed by atoms with Crippen LogP contribution in [0.4, 0.5) is 5.69 Å². The van der Waals surface area contributed by atoms with Gasteiger partial charge in [0.15, 0.2) is 5.75 Å². The van der Waals surface area contributed by atoms with Gasteiger partial charge in [0.05, 0.1) is 18.6 Å². The van der Waals surface area contributed by atoms with Crippen LogP contribution in [0, 0.1) is 10.1 Å². The van der Waals surface area contributed by atoms with Crippen molar-refractivity contribution in [2.45, 2.75) is 0 Å². The first kappa shape index (κ1) is 17.2. The van der Waals surface area contributed by atoms with Crippen LogP contribution in [0.2, 0.25) is 0 Å². The lowest BCUT2D eigenvalue weighted by Crippen LogP contribution is -2.35. The monoisotopic (exact) mass is 316 g/mol. The van der Waals surface area contributed by atoms with Crippen LogP contribution >= 0.6 is 11.6 Å². The Morgan fingerprint density at radius 2 is 2.10 bits per heavy atom. The van der Waals surface area contributed by atoms with E-state index in [0.29, 0.717) is 19.7 Å². The van der Waals surface area contributed by atoms with Gasteiger partial charge in [-0.15, -0.1) is 11.6 Å². The Morgan fingerprint density at radius 3 is 2.62 bits per heavy atom. The van der Waals surface area contributed by atoms with Crippen LogP contribution in [0.5, 0.6) is 5.75 Å². The van der Waals surface area contributed by atoms with E-state index in [1.165, 1.54) is 37.3 Å². The number of nitro benzene ring substituents is 1. The molecule has 0 heterocycles. The number of alkyl halides is 1. The molecule has 0 aliphatic heterocycles. The first-order chi connectivity index (χ1) is 10.0. The average molecular weight is 317 g/mol. The van der Waals surface area contributed by atoms with Gasteiger partial charge in [0.25, 0.3) is 5.91 Å². The van der Waals surface area contributed by atoms with Crippen LogP contribution in [-0.4, -0.2) is 55.5 Å². The molecule has 0 aromatic heterocycles. The third-order valence-corrected chi connectivity index (χ3v) is 3.00. The molecule has 0 saturated carbocycles. The first-order valence-electron chi connectivity index (χ1n) is 6.21. The van der Waals surface area contributed by atoms with Crippen LogP contribution in [-0.2, 0) is 4.74 Å². The Bertz CT molecular complexity index is 509. The molecule has 0 saturated heterocycles. The number of methoxy groups -OCH3 is 2. The number of carbonyl (C=O) groups is 1. The normalized spacial score (nSPS) is 10.2. The van der Waals surface area contributed by atoms with Crippen molar-refractivity contribution in [1.82, 2.24) is 4.90 Å². The van der Waals surface area contributed by atoms with E-state index in [-0.39, 0.29) is 28.8 Å². The van der Waals surface area contributed by atoms with Gasteiger partial charge in [-0.1, -0.05) is 0 Å². The number of hydrogen-bond acceptors (Lipinski definition) is 5. The summed E-state index contributed by atoms with van der Waals surface area (Å²) in [6.07, 6.45) is 0. The van der Waals surface area contributed by atoms with E-state index >= 15 is 0 Å². The summed E-state index contributed by atoms with van der Waals surface area (Å²) in [5.41, 5.74) is -0.0374. The van der Waals surface area contributed by atoms with Gasteiger partial charge in [-0.05, 0) is 12.1 Å². The largest absolute Gasteiger partial charge is 0.490 e. The maximum absolute atomic E-state index is 12.4. The predicted octanol–water partition coefficient (Wildman–Crippen LogP) is 1.93. The molecule has 0 spiro atoms. The first-order valence-corrected chi connectivity index (χ1v) is 6.75. The molecule has 0 atom stereocenters. The van der Waals surface area contributed by atoms with Gasteiger partial charge in [0, 0.05) is 37.7 Å². The molecule has 0 fully saturated rings. The minimum absolute atomic E-state index is 0.109. The van der Waals surface area contributed by atoms with Gasteiger partial charge in [-0.2, -0.15) is 0 Å². The average Bonchev–Trinajstić information content (AvgIpc) is 2.50. The molecule has 116 valence electrons. The van der Waals surface area contributed by atoms with E-state index in [0.717, 1.165) is 0 Å². The summed E-state index contributed by atoms with van der Waals surface area (Å²) in [5.74, 6) is 0.0454. The highest BCUT2D eigenvalue weighted by molar-refractivity contribution is 6.18. The van der Waals surface area contributed by atoms with Crippen molar-refractivity contribution >= 4 is 23.2 Å². The Labute approximate surface area is 127 Å². The Balaban J connectivity index is 3.04. The van der Waals surface area contributed by atoms with Gasteiger partial charge in [0.1, 0.15) is 0 Å². The second kappa shape index (κ2) is 8.43. The Morgan fingerprint density at radius 1 is 1.38 bits per heavy atom. The fourth-order valence-corrected chi connectivity index (χ4v) is 1.97. The number of amides is 1. The zero-order chi connectivity index (χ0) is 15.8.